The Morgan fingerprint density at radius 2 is 1.64 bits per heavy atom. The summed E-state index contributed by atoms with van der Waals surface area (Å²) in [5.41, 5.74) is 5.34. The molecule has 0 atom stereocenters. The quantitative estimate of drug-likeness (QED) is 0.389. The summed E-state index contributed by atoms with van der Waals surface area (Å²) in [5, 5.41) is 6.72. The molecule has 1 aromatic heterocycles. The molecule has 1 aliphatic rings. The monoisotopic (exact) mass is 283 g/mol. The Kier molecular flexibility index (Phi) is 2.03. The fourth-order valence-electron chi connectivity index (χ4n) is 4.24. The normalized spacial score (nSPS) is 15.4. The molecule has 5 rings (SSSR count). The molecule has 1 aliphatic carbocycles. The molecule has 106 valence electrons. The maximum absolute atomic E-state index is 4.75. The van der Waals surface area contributed by atoms with Crippen molar-refractivity contribution in [2.24, 2.45) is 0 Å². The van der Waals surface area contributed by atoms with Gasteiger partial charge in [-0.1, -0.05) is 55.8 Å². The van der Waals surface area contributed by atoms with E-state index in [4.69, 9.17) is 4.98 Å². The van der Waals surface area contributed by atoms with E-state index in [2.05, 4.69) is 63.2 Å². The number of hydrogen-bond acceptors (Lipinski definition) is 1. The number of fused-ring (bicyclic) bond motifs is 3. The molecule has 0 aliphatic heterocycles. The molecule has 0 unspecified atom stereocenters. The van der Waals surface area contributed by atoms with Crippen LogP contribution in [0.1, 0.15) is 30.5 Å². The van der Waals surface area contributed by atoms with Gasteiger partial charge < -0.3 is 0 Å². The molecular formula is C21H17N. The predicted molar refractivity (Wildman–Crippen MR) is 93.6 cm³/mol. The fraction of sp³-hybridized carbons (Fsp3) is 0.190. The number of hydrogen-bond donors (Lipinski definition) is 0. The molecule has 0 fully saturated rings. The van der Waals surface area contributed by atoms with Crippen LogP contribution in [-0.2, 0) is 5.41 Å². The average Bonchev–Trinajstić information content (AvgIpc) is 2.76. The number of aryl methyl sites for hydroxylation is 1. The minimum Gasteiger partial charge on any atom is -0.256 e. The van der Waals surface area contributed by atoms with Gasteiger partial charge in [-0.25, -0.2) is 0 Å². The fourth-order valence-corrected chi connectivity index (χ4v) is 4.24. The number of aromatic nitrogens is 1. The first-order chi connectivity index (χ1) is 10.6. The van der Waals surface area contributed by atoms with Crippen molar-refractivity contribution in [1.82, 2.24) is 4.98 Å². The van der Waals surface area contributed by atoms with Crippen molar-refractivity contribution < 1.29 is 0 Å². The first kappa shape index (κ1) is 12.2. The summed E-state index contributed by atoms with van der Waals surface area (Å²) in [5.74, 6) is 0. The molecule has 4 aromatic rings. The summed E-state index contributed by atoms with van der Waals surface area (Å²) < 4.78 is 0. The summed E-state index contributed by atoms with van der Waals surface area (Å²) in [4.78, 5) is 4.75. The smallest absolute Gasteiger partial charge is 0.0789 e. The van der Waals surface area contributed by atoms with E-state index in [1.807, 2.05) is 6.20 Å². The first-order valence-corrected chi connectivity index (χ1v) is 7.84. The molecule has 0 spiro atoms. The second-order valence-electron chi connectivity index (χ2n) is 6.98. The molecule has 3 aromatic carbocycles. The van der Waals surface area contributed by atoms with Crippen molar-refractivity contribution in [2.45, 2.75) is 26.2 Å². The van der Waals surface area contributed by atoms with Crippen LogP contribution in [0.25, 0.3) is 32.4 Å². The molecule has 0 N–H and O–H groups in total. The summed E-state index contributed by atoms with van der Waals surface area (Å²) in [6.45, 7) is 6.81. The van der Waals surface area contributed by atoms with E-state index in [-0.39, 0.29) is 5.41 Å². The highest BCUT2D eigenvalue weighted by molar-refractivity contribution is 6.27. The van der Waals surface area contributed by atoms with Gasteiger partial charge in [0.25, 0.3) is 0 Å². The standard InChI is InChI=1S/C21H17N/c1-12-7-8-14-15(11-12)13-5-4-6-16-18(13)19-17(21(16,2)3)9-10-22-20(14)19/h4-11H,1-3H3. The summed E-state index contributed by atoms with van der Waals surface area (Å²) in [6.07, 6.45) is 1.97. The van der Waals surface area contributed by atoms with E-state index >= 15 is 0 Å². The number of nitrogens with zero attached hydrogens (tertiary/aromatic N) is 1. The first-order valence-electron chi connectivity index (χ1n) is 7.84. The zero-order valence-electron chi connectivity index (χ0n) is 13.1. The van der Waals surface area contributed by atoms with Gasteiger partial charge in [0.15, 0.2) is 0 Å². The van der Waals surface area contributed by atoms with Crippen molar-refractivity contribution >= 4 is 32.4 Å². The van der Waals surface area contributed by atoms with E-state index in [9.17, 15) is 0 Å². The van der Waals surface area contributed by atoms with Gasteiger partial charge in [0, 0.05) is 22.4 Å². The zero-order chi connectivity index (χ0) is 15.1. The molecule has 1 heteroatoms. The van der Waals surface area contributed by atoms with Crippen LogP contribution in [-0.4, -0.2) is 4.98 Å². The summed E-state index contributed by atoms with van der Waals surface area (Å²) in [7, 11) is 0. The van der Waals surface area contributed by atoms with E-state index in [1.165, 1.54) is 43.6 Å². The van der Waals surface area contributed by atoms with Crippen LogP contribution in [0.15, 0.2) is 48.7 Å². The Hall–Kier alpha value is -2.41. The largest absolute Gasteiger partial charge is 0.256 e. The second-order valence-corrected chi connectivity index (χ2v) is 6.98. The predicted octanol–water partition coefficient (Wildman–Crippen LogP) is 5.49. The number of pyridine rings is 1. The lowest BCUT2D eigenvalue weighted by atomic mass is 9.82. The third-order valence-electron chi connectivity index (χ3n) is 5.33. The van der Waals surface area contributed by atoms with Crippen LogP contribution in [0.5, 0.6) is 0 Å². The zero-order valence-corrected chi connectivity index (χ0v) is 13.1. The van der Waals surface area contributed by atoms with Crippen LogP contribution in [0.2, 0.25) is 0 Å². The second kappa shape index (κ2) is 3.67. The number of benzene rings is 3. The molecule has 0 radical (unpaired) electrons. The highest BCUT2D eigenvalue weighted by atomic mass is 14.7. The van der Waals surface area contributed by atoms with Crippen LogP contribution in [0, 0.1) is 6.92 Å². The minimum absolute atomic E-state index is 0.0510. The SMILES string of the molecule is Cc1ccc2c(c1)c1cccc3c1c1c(ccnc21)C3(C)C. The Morgan fingerprint density at radius 3 is 2.50 bits per heavy atom. The Morgan fingerprint density at radius 1 is 0.818 bits per heavy atom. The van der Waals surface area contributed by atoms with Gasteiger partial charge in [-0.2, -0.15) is 0 Å². The van der Waals surface area contributed by atoms with Crippen molar-refractivity contribution in [3.05, 3.63) is 65.4 Å². The maximum atomic E-state index is 4.75. The highest BCUT2D eigenvalue weighted by Crippen LogP contribution is 2.50. The molecule has 0 saturated carbocycles. The van der Waals surface area contributed by atoms with E-state index in [0.717, 1.165) is 5.52 Å². The third-order valence-corrected chi connectivity index (χ3v) is 5.33. The average molecular weight is 283 g/mol. The molecule has 0 saturated heterocycles. The molecule has 1 heterocycles. The Bertz CT molecular complexity index is 1100. The van der Waals surface area contributed by atoms with Crippen molar-refractivity contribution in [1.29, 1.82) is 0 Å². The van der Waals surface area contributed by atoms with Crippen molar-refractivity contribution in [3.8, 4) is 0 Å². The Balaban J connectivity index is 2.23. The van der Waals surface area contributed by atoms with Gasteiger partial charge in [0.05, 0.1) is 5.52 Å². The van der Waals surface area contributed by atoms with E-state index < -0.39 is 0 Å². The topological polar surface area (TPSA) is 12.9 Å². The van der Waals surface area contributed by atoms with Crippen LogP contribution < -0.4 is 0 Å². The lowest BCUT2D eigenvalue weighted by Crippen LogP contribution is -2.15. The van der Waals surface area contributed by atoms with Crippen LogP contribution in [0.3, 0.4) is 0 Å². The molecule has 0 amide bonds. The van der Waals surface area contributed by atoms with Crippen molar-refractivity contribution in [3.63, 3.8) is 0 Å². The van der Waals surface area contributed by atoms with Crippen molar-refractivity contribution in [2.75, 3.05) is 0 Å². The maximum Gasteiger partial charge on any atom is 0.0789 e. The van der Waals surface area contributed by atoms with E-state index in [1.54, 1.807) is 0 Å². The molecular weight excluding hydrogens is 266 g/mol. The van der Waals surface area contributed by atoms with Gasteiger partial charge in [0.1, 0.15) is 0 Å². The lowest BCUT2D eigenvalue weighted by Gasteiger charge is -2.21. The van der Waals surface area contributed by atoms with Gasteiger partial charge in [-0.3, -0.25) is 4.98 Å². The highest BCUT2D eigenvalue weighted by Gasteiger charge is 2.34. The molecule has 22 heavy (non-hydrogen) atoms. The molecule has 1 nitrogen and oxygen atoms in total. The van der Waals surface area contributed by atoms with E-state index in [0.29, 0.717) is 0 Å². The van der Waals surface area contributed by atoms with Gasteiger partial charge in [-0.05, 0) is 40.3 Å². The minimum atomic E-state index is 0.0510. The summed E-state index contributed by atoms with van der Waals surface area (Å²) >= 11 is 0. The lowest BCUT2D eigenvalue weighted by molar-refractivity contribution is 0.662. The number of rotatable bonds is 0. The molecule has 0 bridgehead atoms. The third kappa shape index (κ3) is 1.24. The summed E-state index contributed by atoms with van der Waals surface area (Å²) in [6, 6.07) is 15.7. The van der Waals surface area contributed by atoms with Crippen LogP contribution >= 0.6 is 0 Å². The Labute approximate surface area is 129 Å². The van der Waals surface area contributed by atoms with Gasteiger partial charge >= 0.3 is 0 Å². The van der Waals surface area contributed by atoms with Crippen LogP contribution in [0.4, 0.5) is 0 Å². The van der Waals surface area contributed by atoms with Gasteiger partial charge in [0.2, 0.25) is 0 Å². The van der Waals surface area contributed by atoms with Gasteiger partial charge in [-0.15, -0.1) is 0 Å².